The molecule has 0 fully saturated rings. The number of carbonyl (C=O) groups is 1. The van der Waals surface area contributed by atoms with Crippen LogP contribution in [0.25, 0.3) is 0 Å². The van der Waals surface area contributed by atoms with Gasteiger partial charge in [-0.05, 0) is 36.4 Å². The van der Waals surface area contributed by atoms with Gasteiger partial charge in [-0.25, -0.2) is 4.79 Å². The van der Waals surface area contributed by atoms with Crippen molar-refractivity contribution < 1.29 is 14.6 Å². The highest BCUT2D eigenvalue weighted by Gasteiger charge is 2.15. The zero-order valence-corrected chi connectivity index (χ0v) is 11.2. The van der Waals surface area contributed by atoms with Crippen molar-refractivity contribution >= 4 is 17.4 Å². The number of ether oxygens (including phenoxy) is 1. The molecular weight excluding hydrogens is 268 g/mol. The Kier molecular flexibility index (Phi) is 3.55. The molecule has 0 saturated heterocycles. The fourth-order valence-electron chi connectivity index (χ4n) is 2.16. The van der Waals surface area contributed by atoms with Crippen molar-refractivity contribution in [3.63, 3.8) is 0 Å². The third kappa shape index (κ3) is 2.86. The zero-order valence-electron chi connectivity index (χ0n) is 11.2. The number of carboxylic acids is 1. The predicted octanol–water partition coefficient (Wildman–Crippen LogP) is 2.98. The Labute approximate surface area is 121 Å². The molecule has 0 spiro atoms. The maximum atomic E-state index is 10.8. The van der Waals surface area contributed by atoms with Gasteiger partial charge in [0.1, 0.15) is 5.75 Å². The van der Waals surface area contributed by atoms with Gasteiger partial charge in [0.15, 0.2) is 0 Å². The summed E-state index contributed by atoms with van der Waals surface area (Å²) in [5.41, 5.74) is 5.88. The van der Waals surface area contributed by atoms with E-state index in [4.69, 9.17) is 9.84 Å². The molecule has 2 aromatic rings. The topological polar surface area (TPSA) is 70.9 Å². The average Bonchev–Trinajstić information content (AvgIpc) is 2.53. The molecule has 0 saturated carbocycles. The van der Waals surface area contributed by atoms with Crippen molar-refractivity contribution in [3.05, 3.63) is 59.7 Å². The van der Waals surface area contributed by atoms with E-state index in [1.54, 1.807) is 24.3 Å². The van der Waals surface area contributed by atoms with Crippen molar-refractivity contribution in [2.24, 2.45) is 5.10 Å². The lowest BCUT2D eigenvalue weighted by atomic mass is 10.0. The van der Waals surface area contributed by atoms with Gasteiger partial charge in [0.25, 0.3) is 0 Å². The van der Waals surface area contributed by atoms with Crippen molar-refractivity contribution in [1.82, 2.24) is 0 Å². The summed E-state index contributed by atoms with van der Waals surface area (Å²) >= 11 is 0. The normalized spacial score (nSPS) is 15.1. The predicted molar refractivity (Wildman–Crippen MR) is 80.1 cm³/mol. The second kappa shape index (κ2) is 5.66. The first-order valence-corrected chi connectivity index (χ1v) is 6.62. The number of hydrogen-bond donors (Lipinski definition) is 2. The van der Waals surface area contributed by atoms with Gasteiger partial charge in [-0.1, -0.05) is 12.1 Å². The molecule has 106 valence electrons. The van der Waals surface area contributed by atoms with Gasteiger partial charge in [-0.3, -0.25) is 5.43 Å². The molecule has 21 heavy (non-hydrogen) atoms. The number of nitrogens with one attached hydrogen (secondary N) is 1. The Morgan fingerprint density at radius 3 is 2.67 bits per heavy atom. The van der Waals surface area contributed by atoms with Crippen molar-refractivity contribution in [2.45, 2.75) is 6.42 Å². The number of para-hydroxylation sites is 1. The van der Waals surface area contributed by atoms with E-state index in [9.17, 15) is 4.79 Å². The summed E-state index contributed by atoms with van der Waals surface area (Å²) in [6.45, 7) is 0.607. The van der Waals surface area contributed by atoms with Crippen LogP contribution in [0.2, 0.25) is 0 Å². The number of aromatic carboxylic acids is 1. The summed E-state index contributed by atoms with van der Waals surface area (Å²) in [4.78, 5) is 10.8. The quantitative estimate of drug-likeness (QED) is 0.849. The SMILES string of the molecule is O=C(O)c1ccc(NN=C2CCOc3ccccc32)cc1. The van der Waals surface area contributed by atoms with Crippen LogP contribution in [0.15, 0.2) is 53.6 Å². The summed E-state index contributed by atoms with van der Waals surface area (Å²) in [5.74, 6) is -0.100. The molecule has 3 rings (SSSR count). The van der Waals surface area contributed by atoms with E-state index in [1.807, 2.05) is 24.3 Å². The zero-order chi connectivity index (χ0) is 14.7. The molecule has 0 unspecified atom stereocenters. The fourth-order valence-corrected chi connectivity index (χ4v) is 2.16. The van der Waals surface area contributed by atoms with Crippen LogP contribution in [0.5, 0.6) is 5.75 Å². The van der Waals surface area contributed by atoms with Crippen LogP contribution in [0.3, 0.4) is 0 Å². The van der Waals surface area contributed by atoms with E-state index in [0.29, 0.717) is 6.61 Å². The Balaban J connectivity index is 1.79. The monoisotopic (exact) mass is 282 g/mol. The first-order valence-electron chi connectivity index (χ1n) is 6.62. The molecular formula is C16H14N2O3. The van der Waals surface area contributed by atoms with Gasteiger partial charge in [0.2, 0.25) is 0 Å². The highest BCUT2D eigenvalue weighted by Crippen LogP contribution is 2.24. The third-order valence-electron chi connectivity index (χ3n) is 3.25. The van der Waals surface area contributed by atoms with E-state index in [1.165, 1.54) is 0 Å². The highest BCUT2D eigenvalue weighted by molar-refractivity contribution is 6.04. The van der Waals surface area contributed by atoms with Gasteiger partial charge in [0.05, 0.1) is 23.6 Å². The van der Waals surface area contributed by atoms with Crippen molar-refractivity contribution in [3.8, 4) is 5.75 Å². The number of anilines is 1. The number of hydrazone groups is 1. The van der Waals surface area contributed by atoms with Gasteiger partial charge in [-0.2, -0.15) is 5.10 Å². The first kappa shape index (κ1) is 13.2. The second-order valence-electron chi connectivity index (χ2n) is 4.65. The van der Waals surface area contributed by atoms with Crippen LogP contribution in [0, 0.1) is 0 Å². The van der Waals surface area contributed by atoms with E-state index in [2.05, 4.69) is 10.5 Å². The summed E-state index contributed by atoms with van der Waals surface area (Å²) in [6.07, 6.45) is 0.733. The van der Waals surface area contributed by atoms with Gasteiger partial charge in [-0.15, -0.1) is 0 Å². The number of carboxylic acid groups (broad SMARTS) is 1. The molecule has 2 aromatic carbocycles. The lowest BCUT2D eigenvalue weighted by molar-refractivity contribution is 0.0697. The standard InChI is InChI=1S/C16H14N2O3/c19-16(20)11-5-7-12(8-6-11)17-18-14-9-10-21-15-4-2-1-3-13(14)15/h1-8,17H,9-10H2,(H,19,20). The summed E-state index contributed by atoms with van der Waals surface area (Å²) in [5, 5.41) is 13.3. The summed E-state index contributed by atoms with van der Waals surface area (Å²) in [7, 11) is 0. The van der Waals surface area contributed by atoms with E-state index >= 15 is 0 Å². The third-order valence-corrected chi connectivity index (χ3v) is 3.25. The lowest BCUT2D eigenvalue weighted by Crippen LogP contribution is -2.17. The van der Waals surface area contributed by atoms with E-state index in [-0.39, 0.29) is 5.56 Å². The average molecular weight is 282 g/mol. The highest BCUT2D eigenvalue weighted by atomic mass is 16.5. The molecule has 5 heteroatoms. The first-order chi connectivity index (χ1) is 10.2. The van der Waals surface area contributed by atoms with Crippen molar-refractivity contribution in [1.29, 1.82) is 0 Å². The molecule has 0 radical (unpaired) electrons. The van der Waals surface area contributed by atoms with E-state index in [0.717, 1.165) is 29.1 Å². The molecule has 1 aliphatic rings. The Hall–Kier alpha value is -2.82. The Morgan fingerprint density at radius 1 is 1.14 bits per heavy atom. The Bertz CT molecular complexity index is 693. The molecule has 0 aromatic heterocycles. The fraction of sp³-hybridized carbons (Fsp3) is 0.125. The van der Waals surface area contributed by atoms with Crippen LogP contribution in [0.1, 0.15) is 22.3 Å². The molecule has 5 nitrogen and oxygen atoms in total. The van der Waals surface area contributed by atoms with Gasteiger partial charge < -0.3 is 9.84 Å². The number of hydrogen-bond acceptors (Lipinski definition) is 4. The number of nitrogens with zero attached hydrogens (tertiary/aromatic N) is 1. The minimum atomic E-state index is -0.939. The number of fused-ring (bicyclic) bond motifs is 1. The van der Waals surface area contributed by atoms with Crippen LogP contribution >= 0.6 is 0 Å². The minimum absolute atomic E-state index is 0.254. The van der Waals surface area contributed by atoms with Gasteiger partial charge in [0, 0.05) is 12.0 Å². The summed E-state index contributed by atoms with van der Waals surface area (Å²) in [6, 6.07) is 14.3. The summed E-state index contributed by atoms with van der Waals surface area (Å²) < 4.78 is 5.57. The number of benzene rings is 2. The minimum Gasteiger partial charge on any atom is -0.492 e. The van der Waals surface area contributed by atoms with Crippen LogP contribution in [-0.2, 0) is 0 Å². The maximum Gasteiger partial charge on any atom is 0.335 e. The molecule has 1 heterocycles. The molecule has 0 atom stereocenters. The van der Waals surface area contributed by atoms with Gasteiger partial charge >= 0.3 is 5.97 Å². The molecule has 0 amide bonds. The second-order valence-corrected chi connectivity index (χ2v) is 4.65. The smallest absolute Gasteiger partial charge is 0.335 e. The van der Waals surface area contributed by atoms with Crippen molar-refractivity contribution in [2.75, 3.05) is 12.0 Å². The van der Waals surface area contributed by atoms with Crippen LogP contribution in [0.4, 0.5) is 5.69 Å². The molecule has 0 bridgehead atoms. The largest absolute Gasteiger partial charge is 0.492 e. The van der Waals surface area contributed by atoms with Crippen LogP contribution < -0.4 is 10.2 Å². The molecule has 1 aliphatic heterocycles. The molecule has 2 N–H and O–H groups in total. The van der Waals surface area contributed by atoms with Crippen LogP contribution in [-0.4, -0.2) is 23.4 Å². The number of rotatable bonds is 3. The van der Waals surface area contributed by atoms with E-state index < -0.39 is 5.97 Å². The maximum absolute atomic E-state index is 10.8. The Morgan fingerprint density at radius 2 is 1.90 bits per heavy atom. The molecule has 0 aliphatic carbocycles. The lowest BCUT2D eigenvalue weighted by Gasteiger charge is -2.18.